The number of para-hydroxylation sites is 3. The first kappa shape index (κ1) is 39.7. The van der Waals surface area contributed by atoms with E-state index in [1.807, 2.05) is 0 Å². The lowest BCUT2D eigenvalue weighted by molar-refractivity contribution is 0.433. The average molecular weight is 866 g/mol. The van der Waals surface area contributed by atoms with E-state index in [1.54, 1.807) is 0 Å². The maximum atomic E-state index is 7.00. The Balaban J connectivity index is 1.10. The van der Waals surface area contributed by atoms with E-state index in [9.17, 15) is 0 Å². The molecule has 4 aliphatic rings. The smallest absolute Gasteiger partial charge is 0.132 e. The summed E-state index contributed by atoms with van der Waals surface area (Å²) in [4.78, 5) is 2.46. The molecule has 3 nitrogen and oxygen atoms in total. The third-order valence-corrected chi connectivity index (χ3v) is 15.1. The lowest BCUT2D eigenvalue weighted by atomic mass is 9.64. The number of anilines is 3. The molecule has 0 unspecified atom stereocenters. The van der Waals surface area contributed by atoms with Gasteiger partial charge in [0, 0.05) is 39.3 Å². The summed E-state index contributed by atoms with van der Waals surface area (Å²) in [6.45, 7) is 13.8. The fourth-order valence-corrected chi connectivity index (χ4v) is 12.0. The van der Waals surface area contributed by atoms with Crippen LogP contribution in [0.2, 0.25) is 0 Å². The van der Waals surface area contributed by atoms with Gasteiger partial charge in [0.15, 0.2) is 0 Å². The van der Waals surface area contributed by atoms with Gasteiger partial charge in [-0.1, -0.05) is 169 Å². The van der Waals surface area contributed by atoms with E-state index >= 15 is 0 Å². The zero-order valence-electron chi connectivity index (χ0n) is 38.8. The SMILES string of the molecule is CC(C)(C)c1ccc2c(c1)C1(c3cc(C(C)(C)C)ccc3O2)c2ccccc2-c2ccc(N(c3ccccc3)c3ccc4c(c3)C3(c5ccccc5Oc5ccccc53)c3ccccc3-4)cc21. The fourth-order valence-electron chi connectivity index (χ4n) is 12.0. The molecule has 324 valence electrons. The van der Waals surface area contributed by atoms with Gasteiger partial charge in [0.1, 0.15) is 23.0 Å². The Hall–Kier alpha value is -7.62. The predicted molar refractivity (Wildman–Crippen MR) is 273 cm³/mol. The molecule has 0 saturated carbocycles. The highest BCUT2D eigenvalue weighted by Crippen LogP contribution is 2.65. The van der Waals surface area contributed by atoms with E-state index in [4.69, 9.17) is 9.47 Å². The third-order valence-electron chi connectivity index (χ3n) is 15.1. The Kier molecular flexibility index (Phi) is 8.27. The van der Waals surface area contributed by atoms with Crippen molar-refractivity contribution in [2.24, 2.45) is 0 Å². The number of fused-ring (bicyclic) bond motifs is 18. The van der Waals surface area contributed by atoms with Crippen LogP contribution >= 0.6 is 0 Å². The van der Waals surface area contributed by atoms with E-state index in [0.717, 1.165) is 51.2 Å². The number of rotatable bonds is 3. The Morgan fingerprint density at radius 3 is 1.13 bits per heavy atom. The van der Waals surface area contributed by atoms with Crippen molar-refractivity contribution in [2.45, 2.75) is 63.2 Å². The molecule has 0 atom stereocenters. The van der Waals surface area contributed by atoms with Crippen LogP contribution in [0.4, 0.5) is 17.1 Å². The first-order valence-electron chi connectivity index (χ1n) is 23.7. The van der Waals surface area contributed by atoms with Gasteiger partial charge in [0.25, 0.3) is 0 Å². The minimum absolute atomic E-state index is 0.0766. The summed E-state index contributed by atoms with van der Waals surface area (Å²) >= 11 is 0. The minimum Gasteiger partial charge on any atom is -0.457 e. The number of ether oxygens (including phenoxy) is 2. The highest BCUT2D eigenvalue weighted by molar-refractivity contribution is 5.94. The molecule has 0 aromatic heterocycles. The van der Waals surface area contributed by atoms with Gasteiger partial charge in [-0.25, -0.2) is 0 Å². The Bertz CT molecular complexity index is 3400. The predicted octanol–water partition coefficient (Wildman–Crippen LogP) is 16.7. The van der Waals surface area contributed by atoms with Crippen molar-refractivity contribution in [3.8, 4) is 45.3 Å². The average Bonchev–Trinajstić information content (AvgIpc) is 3.79. The second-order valence-corrected chi connectivity index (χ2v) is 20.8. The van der Waals surface area contributed by atoms with Gasteiger partial charge >= 0.3 is 0 Å². The molecular formula is C64H51NO2. The lowest BCUT2D eigenvalue weighted by Gasteiger charge is -2.41. The van der Waals surface area contributed by atoms with Crippen LogP contribution in [0.25, 0.3) is 22.3 Å². The molecule has 0 saturated heterocycles. The Morgan fingerprint density at radius 2 is 0.672 bits per heavy atom. The van der Waals surface area contributed by atoms with Crippen LogP contribution in [-0.4, -0.2) is 0 Å². The molecule has 13 rings (SSSR count). The molecule has 67 heavy (non-hydrogen) atoms. The minimum atomic E-state index is -0.658. The van der Waals surface area contributed by atoms with Crippen LogP contribution in [-0.2, 0) is 21.7 Å². The molecule has 2 heterocycles. The van der Waals surface area contributed by atoms with Gasteiger partial charge in [-0.05, 0) is 139 Å². The summed E-state index contributed by atoms with van der Waals surface area (Å²) in [5.41, 5.74) is 19.1. The number of hydrogen-bond donors (Lipinski definition) is 0. The summed E-state index contributed by atoms with van der Waals surface area (Å²) in [5, 5.41) is 0. The monoisotopic (exact) mass is 865 g/mol. The van der Waals surface area contributed by atoms with Crippen molar-refractivity contribution < 1.29 is 9.47 Å². The Labute approximate surface area is 394 Å². The highest BCUT2D eigenvalue weighted by atomic mass is 16.5. The molecule has 2 aliphatic heterocycles. The highest BCUT2D eigenvalue weighted by Gasteiger charge is 2.53. The summed E-state index contributed by atoms with van der Waals surface area (Å²) in [6, 6.07) is 74.3. The van der Waals surface area contributed by atoms with Crippen molar-refractivity contribution in [1.82, 2.24) is 0 Å². The fraction of sp³-hybridized carbons (Fsp3) is 0.156. The van der Waals surface area contributed by atoms with Crippen LogP contribution < -0.4 is 14.4 Å². The molecule has 2 aliphatic carbocycles. The third kappa shape index (κ3) is 5.46. The maximum Gasteiger partial charge on any atom is 0.132 e. The van der Waals surface area contributed by atoms with Gasteiger partial charge in [-0.3, -0.25) is 0 Å². The van der Waals surface area contributed by atoms with Crippen molar-refractivity contribution in [3.05, 3.63) is 256 Å². The molecule has 0 radical (unpaired) electrons. The molecule has 3 heteroatoms. The van der Waals surface area contributed by atoms with Crippen molar-refractivity contribution in [2.75, 3.05) is 4.90 Å². The van der Waals surface area contributed by atoms with E-state index < -0.39 is 10.8 Å². The zero-order chi connectivity index (χ0) is 45.5. The zero-order valence-corrected chi connectivity index (χ0v) is 38.8. The summed E-state index contributed by atoms with van der Waals surface area (Å²) in [5.74, 6) is 3.58. The van der Waals surface area contributed by atoms with Crippen molar-refractivity contribution >= 4 is 17.1 Å². The van der Waals surface area contributed by atoms with E-state index in [-0.39, 0.29) is 10.8 Å². The van der Waals surface area contributed by atoms with Crippen LogP contribution in [0.5, 0.6) is 23.0 Å². The molecule has 0 N–H and O–H groups in total. The second-order valence-electron chi connectivity index (χ2n) is 20.8. The van der Waals surface area contributed by atoms with Crippen molar-refractivity contribution in [3.63, 3.8) is 0 Å². The standard InChI is InChI=1S/C64H51NO2/c1-61(2,3)40-28-34-59-55(36-40)64(56-37-41(62(4,5)6)29-35-60(56)67-59)50-23-13-11-21-46(50)48-33-31-44(39-54(48)64)65(42-18-8-7-9-19-42)43-30-32-47-45-20-10-12-22-49(45)63(53(47)38-43)51-24-14-16-26-57(51)66-58-27-17-15-25-52(58)63/h7-39H,1-6H3. The summed E-state index contributed by atoms with van der Waals surface area (Å²) in [7, 11) is 0. The van der Waals surface area contributed by atoms with Crippen LogP contribution in [0.3, 0.4) is 0 Å². The van der Waals surface area contributed by atoms with E-state index in [1.165, 1.54) is 66.8 Å². The van der Waals surface area contributed by atoms with Gasteiger partial charge in [0.05, 0.1) is 10.8 Å². The molecule has 0 amide bonds. The number of nitrogens with zero attached hydrogens (tertiary/aromatic N) is 1. The molecule has 9 aromatic rings. The van der Waals surface area contributed by atoms with Gasteiger partial charge < -0.3 is 14.4 Å². The number of hydrogen-bond acceptors (Lipinski definition) is 3. The van der Waals surface area contributed by atoms with Gasteiger partial charge in [-0.2, -0.15) is 0 Å². The Morgan fingerprint density at radius 1 is 0.299 bits per heavy atom. The first-order chi connectivity index (χ1) is 32.5. The largest absolute Gasteiger partial charge is 0.457 e. The molecule has 0 bridgehead atoms. The maximum absolute atomic E-state index is 7.00. The second kappa shape index (κ2) is 14.0. The van der Waals surface area contributed by atoms with E-state index in [2.05, 4.69) is 247 Å². The summed E-state index contributed by atoms with van der Waals surface area (Å²) < 4.78 is 13.7. The van der Waals surface area contributed by atoms with Crippen molar-refractivity contribution in [1.29, 1.82) is 0 Å². The number of benzene rings is 9. The van der Waals surface area contributed by atoms with Gasteiger partial charge in [0.2, 0.25) is 0 Å². The van der Waals surface area contributed by atoms with Crippen LogP contribution in [0.15, 0.2) is 200 Å². The van der Waals surface area contributed by atoms with E-state index in [0.29, 0.717) is 0 Å². The molecule has 0 fully saturated rings. The molecular weight excluding hydrogens is 815 g/mol. The first-order valence-corrected chi connectivity index (χ1v) is 23.7. The van der Waals surface area contributed by atoms with Crippen LogP contribution in [0, 0.1) is 0 Å². The van der Waals surface area contributed by atoms with Gasteiger partial charge in [-0.15, -0.1) is 0 Å². The topological polar surface area (TPSA) is 21.7 Å². The lowest BCUT2D eigenvalue weighted by Crippen LogP contribution is -2.33. The summed E-state index contributed by atoms with van der Waals surface area (Å²) in [6.07, 6.45) is 0. The normalized spacial score (nSPS) is 14.9. The van der Waals surface area contributed by atoms with Crippen LogP contribution in [0.1, 0.15) is 97.2 Å². The molecule has 2 spiro atoms. The quantitative estimate of drug-likeness (QED) is 0.177. The molecule has 9 aromatic carbocycles.